The maximum absolute atomic E-state index is 12.9. The summed E-state index contributed by atoms with van der Waals surface area (Å²) >= 11 is 0. The van der Waals surface area contributed by atoms with Crippen molar-refractivity contribution < 1.29 is 38.6 Å². The van der Waals surface area contributed by atoms with Crippen molar-refractivity contribution in [2.45, 2.75) is 114 Å². The molecule has 0 aromatic carbocycles. The molecular formula is C26H46N5O8P. The molecule has 14 heteroatoms. The van der Waals surface area contributed by atoms with Crippen LogP contribution in [-0.4, -0.2) is 75.3 Å². The molecule has 3 aliphatic rings. The number of nitrogens with one attached hydrogen (secondary N) is 1. The highest BCUT2D eigenvalue weighted by Crippen LogP contribution is 2.37. The van der Waals surface area contributed by atoms with Gasteiger partial charge in [0.1, 0.15) is 36.4 Å². The Bertz CT molecular complexity index is 953. The van der Waals surface area contributed by atoms with Crippen molar-refractivity contribution in [2.24, 2.45) is 33.3 Å². The van der Waals surface area contributed by atoms with Gasteiger partial charge in [-0.3, -0.25) is 19.6 Å². The molecule has 7 atom stereocenters. The number of ketones is 1. The number of allylic oxidation sites excluding steroid dienone is 2. The first kappa shape index (κ1) is 32.8. The van der Waals surface area contributed by atoms with E-state index in [9.17, 15) is 19.6 Å². The van der Waals surface area contributed by atoms with Crippen LogP contribution in [0.2, 0.25) is 0 Å². The number of nitrogens with zero attached hydrogens (tertiary/aromatic N) is 2. The second-order valence-electron chi connectivity index (χ2n) is 11.0. The van der Waals surface area contributed by atoms with E-state index in [1.807, 2.05) is 6.08 Å². The summed E-state index contributed by atoms with van der Waals surface area (Å²) in [5.41, 5.74) is 11.9. The summed E-state index contributed by atoms with van der Waals surface area (Å²) in [4.78, 5) is 39.6. The van der Waals surface area contributed by atoms with E-state index in [0.29, 0.717) is 12.1 Å². The lowest BCUT2D eigenvalue weighted by Gasteiger charge is -2.24. The van der Waals surface area contributed by atoms with E-state index in [1.165, 1.54) is 25.7 Å². The van der Waals surface area contributed by atoms with Crippen molar-refractivity contribution in [3.8, 4) is 0 Å². The number of carbonyl (C=O) groups excluding carboxylic acids is 1. The lowest BCUT2D eigenvalue weighted by molar-refractivity contribution is -0.118. The van der Waals surface area contributed by atoms with Crippen LogP contribution in [0.15, 0.2) is 21.8 Å². The first-order chi connectivity index (χ1) is 19.0. The quantitative estimate of drug-likeness (QED) is 0.123. The van der Waals surface area contributed by atoms with E-state index in [-0.39, 0.29) is 23.6 Å². The minimum atomic E-state index is -4.79. The number of Topliss-reactive ketones (excluding diaryl/α,β-unsaturated/α-hetero) is 1. The maximum atomic E-state index is 12.9. The first-order valence-electron chi connectivity index (χ1n) is 14.4. The molecule has 9 N–H and O–H groups in total. The molecule has 1 fully saturated rings. The smallest absolute Gasteiger partial charge is 0.387 e. The number of carbonyl (C=O) groups is 1. The zero-order chi connectivity index (χ0) is 29.1. The van der Waals surface area contributed by atoms with Crippen LogP contribution in [0.1, 0.15) is 83.5 Å². The van der Waals surface area contributed by atoms with Gasteiger partial charge in [0.25, 0.3) is 0 Å². The van der Waals surface area contributed by atoms with Gasteiger partial charge in [-0.25, -0.2) is 9.56 Å². The fourth-order valence-electron chi connectivity index (χ4n) is 5.52. The van der Waals surface area contributed by atoms with Gasteiger partial charge in [0.2, 0.25) is 0 Å². The Morgan fingerprint density at radius 3 is 2.33 bits per heavy atom. The van der Waals surface area contributed by atoms with Crippen LogP contribution in [0.25, 0.3) is 0 Å². The lowest BCUT2D eigenvalue weighted by atomic mass is 9.96. The normalized spacial score (nSPS) is 32.7. The van der Waals surface area contributed by atoms with Crippen molar-refractivity contribution >= 4 is 25.8 Å². The molecule has 0 amide bonds. The predicted molar refractivity (Wildman–Crippen MR) is 150 cm³/mol. The van der Waals surface area contributed by atoms with Crippen molar-refractivity contribution in [1.29, 1.82) is 0 Å². The number of aliphatic imine (C=N–C) groups is 2. The van der Waals surface area contributed by atoms with Crippen LogP contribution in [0.3, 0.4) is 0 Å². The molecule has 3 rings (SSSR count). The topological polar surface area (TPSA) is 222 Å². The minimum absolute atomic E-state index is 0.00673. The molecule has 0 saturated carbocycles. The molecule has 0 radical (unpaired) electrons. The van der Waals surface area contributed by atoms with E-state index in [4.69, 9.17) is 26.0 Å². The summed E-state index contributed by atoms with van der Waals surface area (Å²) in [7, 11) is -4.79. The van der Waals surface area contributed by atoms with Crippen LogP contribution in [0.4, 0.5) is 0 Å². The van der Waals surface area contributed by atoms with Crippen molar-refractivity contribution in [3.05, 3.63) is 11.8 Å². The second-order valence-corrected chi connectivity index (χ2v) is 12.3. The number of nitrogens with two attached hydrogens (primary N) is 2. The molecule has 13 nitrogen and oxygen atoms in total. The molecule has 1 aliphatic carbocycles. The highest BCUT2D eigenvalue weighted by Gasteiger charge is 2.44. The third-order valence-corrected chi connectivity index (χ3v) is 8.21. The Morgan fingerprint density at radius 1 is 1.07 bits per heavy atom. The van der Waals surface area contributed by atoms with Gasteiger partial charge in [-0.05, 0) is 31.6 Å². The molecule has 228 valence electrons. The Balaban J connectivity index is 1.69. The molecular weight excluding hydrogens is 541 g/mol. The summed E-state index contributed by atoms with van der Waals surface area (Å²) in [5, 5.41) is 23.8. The maximum Gasteiger partial charge on any atom is 0.469 e. The number of hydrogen-bond donors (Lipinski definition) is 7. The van der Waals surface area contributed by atoms with Gasteiger partial charge in [0.05, 0.1) is 6.61 Å². The molecule has 2 heterocycles. The largest absolute Gasteiger partial charge is 0.469 e. The van der Waals surface area contributed by atoms with Gasteiger partial charge in [-0.15, -0.1) is 0 Å². The van der Waals surface area contributed by atoms with Gasteiger partial charge < -0.3 is 36.2 Å². The van der Waals surface area contributed by atoms with Gasteiger partial charge >= 0.3 is 7.82 Å². The number of rotatable bonds is 8. The molecule has 6 unspecified atom stereocenters. The van der Waals surface area contributed by atoms with Crippen LogP contribution < -0.4 is 16.8 Å². The van der Waals surface area contributed by atoms with Gasteiger partial charge in [0.15, 0.2) is 11.7 Å². The van der Waals surface area contributed by atoms with Crippen molar-refractivity contribution in [2.75, 3.05) is 6.61 Å². The number of hydrogen-bond acceptors (Lipinski definition) is 9. The highest BCUT2D eigenvalue weighted by atomic mass is 31.2. The van der Waals surface area contributed by atoms with Crippen LogP contribution in [-0.2, 0) is 18.6 Å². The average Bonchev–Trinajstić information content (AvgIpc) is 3.36. The number of aliphatic hydroxyl groups is 2. The highest BCUT2D eigenvalue weighted by molar-refractivity contribution is 7.46. The van der Waals surface area contributed by atoms with Gasteiger partial charge in [-0.1, -0.05) is 63.9 Å². The summed E-state index contributed by atoms with van der Waals surface area (Å²) in [6, 6.07) is 0. The average molecular weight is 588 g/mol. The molecule has 2 aliphatic heterocycles. The molecule has 1 saturated heterocycles. The fraction of sp³-hybridized carbons (Fsp3) is 0.808. The third-order valence-electron chi connectivity index (χ3n) is 7.73. The van der Waals surface area contributed by atoms with Crippen molar-refractivity contribution in [1.82, 2.24) is 5.32 Å². The molecule has 40 heavy (non-hydrogen) atoms. The Kier molecular flexibility index (Phi) is 13.2. The summed E-state index contributed by atoms with van der Waals surface area (Å²) < 4.78 is 21.1. The zero-order valence-corrected chi connectivity index (χ0v) is 23.9. The van der Waals surface area contributed by atoms with Crippen LogP contribution >= 0.6 is 7.82 Å². The number of ether oxygens (including phenoxy) is 1. The predicted octanol–water partition coefficient (Wildman–Crippen LogP) is 1.59. The summed E-state index contributed by atoms with van der Waals surface area (Å²) in [6.45, 7) is -0.618. The number of fused-ring (bicyclic) bond motifs is 2. The number of guanidine groups is 1. The Morgan fingerprint density at radius 2 is 1.70 bits per heavy atom. The first-order valence-corrected chi connectivity index (χ1v) is 15.9. The minimum Gasteiger partial charge on any atom is -0.387 e. The van der Waals surface area contributed by atoms with Crippen molar-refractivity contribution in [3.63, 3.8) is 0 Å². The Hall–Kier alpha value is -1.70. The molecule has 2 bridgehead atoms. The van der Waals surface area contributed by atoms with E-state index in [0.717, 1.165) is 51.4 Å². The number of phosphoric acid groups is 1. The lowest BCUT2D eigenvalue weighted by Crippen LogP contribution is -2.47. The molecule has 0 aromatic heterocycles. The molecule has 0 aromatic rings. The van der Waals surface area contributed by atoms with Crippen LogP contribution in [0.5, 0.6) is 0 Å². The van der Waals surface area contributed by atoms with E-state index < -0.39 is 45.1 Å². The number of phosphoric ester groups is 1. The SMILES string of the molecule is NC(N)=NC(CC1/C=N\C2=CC[C@H](CCCCCCCCCCC1)C2=O)NC1OC(COP(=O)(O)O)C(O)C1O. The fourth-order valence-corrected chi connectivity index (χ4v) is 5.86. The van der Waals surface area contributed by atoms with Crippen LogP contribution in [0, 0.1) is 11.8 Å². The van der Waals surface area contributed by atoms with Gasteiger partial charge in [-0.2, -0.15) is 0 Å². The third kappa shape index (κ3) is 10.9. The summed E-state index contributed by atoms with van der Waals surface area (Å²) in [6.07, 6.45) is 10.9. The van der Waals surface area contributed by atoms with E-state index >= 15 is 0 Å². The van der Waals surface area contributed by atoms with E-state index in [1.54, 1.807) is 6.21 Å². The monoisotopic (exact) mass is 587 g/mol. The standard InChI is InChI=1S/C26H46N5O8P/c27-26(28)31-21(30-25-24(34)23(33)20(39-25)16-38-40(35,36)37)14-17-10-8-6-4-2-1-3-5-7-9-11-18-12-13-19(22(18)32)29-15-17/h13,15,17-18,20-21,23-25,30,33-34H,1-12,14,16H2,(H4,27,28,31)(H2,35,36,37)/b29-15-/t17?,18-,20?,21?,23?,24?,25?/m0/s1. The summed E-state index contributed by atoms with van der Waals surface area (Å²) in [5.74, 6) is -0.184. The zero-order valence-electron chi connectivity index (χ0n) is 23.0. The number of aliphatic hydroxyl groups excluding tert-OH is 2. The van der Waals surface area contributed by atoms with Gasteiger partial charge in [0, 0.05) is 12.1 Å². The molecule has 0 spiro atoms. The van der Waals surface area contributed by atoms with E-state index in [2.05, 4.69) is 19.8 Å². The Labute approximate surface area is 235 Å². The second kappa shape index (κ2) is 16.1.